The van der Waals surface area contributed by atoms with Crippen molar-refractivity contribution in [2.24, 2.45) is 0 Å². The Balaban J connectivity index is 2.14. The van der Waals surface area contributed by atoms with Crippen molar-refractivity contribution in [3.05, 3.63) is 0 Å². The zero-order chi connectivity index (χ0) is 11.1. The van der Waals surface area contributed by atoms with Gasteiger partial charge in [-0.3, -0.25) is 9.59 Å². The Kier molecular flexibility index (Phi) is 5.06. The Morgan fingerprint density at radius 1 is 1.60 bits per heavy atom. The lowest BCUT2D eigenvalue weighted by atomic mass is 10.3. The van der Waals surface area contributed by atoms with Crippen LogP contribution in [0.3, 0.4) is 0 Å². The topological polar surface area (TPSA) is 76.7 Å². The number of carbonyl (C=O) groups is 2. The summed E-state index contributed by atoms with van der Waals surface area (Å²) in [5, 5.41) is 5.66. The van der Waals surface area contributed by atoms with Crippen molar-refractivity contribution in [2.45, 2.75) is 12.5 Å². The van der Waals surface area contributed by atoms with E-state index in [9.17, 15) is 9.59 Å². The molecule has 0 radical (unpaired) electrons. The van der Waals surface area contributed by atoms with E-state index in [2.05, 4.69) is 15.4 Å². The molecular weight excluding hydrogens is 200 g/mol. The standard InChI is InChI=1S/C9H16N2O4/c1-14-8(12)2-3-11-9(13)7-6-10-4-5-15-7/h7,10H,2-6H2,1H3,(H,11,13)/t7-/m1/s1. The minimum Gasteiger partial charge on any atom is -0.469 e. The summed E-state index contributed by atoms with van der Waals surface area (Å²) in [6.07, 6.45) is -0.265. The van der Waals surface area contributed by atoms with E-state index >= 15 is 0 Å². The molecular formula is C9H16N2O4. The lowest BCUT2D eigenvalue weighted by Gasteiger charge is -2.22. The molecule has 1 rings (SSSR count). The third-order valence-electron chi connectivity index (χ3n) is 2.08. The van der Waals surface area contributed by atoms with Gasteiger partial charge in [-0.1, -0.05) is 0 Å². The van der Waals surface area contributed by atoms with Crippen molar-refractivity contribution in [3.63, 3.8) is 0 Å². The fourth-order valence-electron chi connectivity index (χ4n) is 1.24. The summed E-state index contributed by atoms with van der Waals surface area (Å²) >= 11 is 0. The third kappa shape index (κ3) is 4.26. The van der Waals surface area contributed by atoms with Crippen molar-refractivity contribution in [1.82, 2.24) is 10.6 Å². The summed E-state index contributed by atoms with van der Waals surface area (Å²) in [5.74, 6) is -0.524. The maximum Gasteiger partial charge on any atom is 0.307 e. The average molecular weight is 216 g/mol. The van der Waals surface area contributed by atoms with Gasteiger partial charge in [-0.15, -0.1) is 0 Å². The molecule has 0 aromatic carbocycles. The highest BCUT2D eigenvalue weighted by molar-refractivity contribution is 5.81. The van der Waals surface area contributed by atoms with Crippen LogP contribution in [0.15, 0.2) is 0 Å². The summed E-state index contributed by atoms with van der Waals surface area (Å²) in [4.78, 5) is 22.2. The highest BCUT2D eigenvalue weighted by atomic mass is 16.5. The predicted octanol–water partition coefficient (Wildman–Crippen LogP) is -1.35. The molecule has 15 heavy (non-hydrogen) atoms. The van der Waals surface area contributed by atoms with Crippen LogP contribution in [0.2, 0.25) is 0 Å². The van der Waals surface area contributed by atoms with Gasteiger partial charge in [0.15, 0.2) is 0 Å². The van der Waals surface area contributed by atoms with Crippen molar-refractivity contribution in [3.8, 4) is 0 Å². The summed E-state index contributed by atoms with van der Waals surface area (Å²) in [6.45, 7) is 2.11. The van der Waals surface area contributed by atoms with E-state index < -0.39 is 6.10 Å². The highest BCUT2D eigenvalue weighted by Gasteiger charge is 2.21. The smallest absolute Gasteiger partial charge is 0.307 e. The molecule has 0 bridgehead atoms. The Bertz CT molecular complexity index is 226. The Labute approximate surface area is 88.3 Å². The van der Waals surface area contributed by atoms with E-state index in [1.54, 1.807) is 0 Å². The van der Waals surface area contributed by atoms with E-state index in [1.807, 2.05) is 0 Å². The minimum absolute atomic E-state index is 0.183. The number of nitrogens with one attached hydrogen (secondary N) is 2. The van der Waals surface area contributed by atoms with Crippen LogP contribution < -0.4 is 10.6 Å². The maximum atomic E-state index is 11.4. The molecule has 6 nitrogen and oxygen atoms in total. The quantitative estimate of drug-likeness (QED) is 0.568. The Morgan fingerprint density at radius 3 is 3.00 bits per heavy atom. The van der Waals surface area contributed by atoms with Crippen LogP contribution in [0.25, 0.3) is 0 Å². The highest BCUT2D eigenvalue weighted by Crippen LogP contribution is 1.95. The Hall–Kier alpha value is -1.14. The van der Waals surface area contributed by atoms with Gasteiger partial charge in [0.1, 0.15) is 6.10 Å². The van der Waals surface area contributed by atoms with Crippen molar-refractivity contribution >= 4 is 11.9 Å². The number of rotatable bonds is 4. The van der Waals surface area contributed by atoms with Crippen LogP contribution >= 0.6 is 0 Å². The van der Waals surface area contributed by atoms with Gasteiger partial charge in [0.2, 0.25) is 5.91 Å². The fourth-order valence-corrected chi connectivity index (χ4v) is 1.24. The van der Waals surface area contributed by atoms with Crippen LogP contribution in [0.1, 0.15) is 6.42 Å². The summed E-state index contributed by atoms with van der Waals surface area (Å²) < 4.78 is 9.68. The van der Waals surface area contributed by atoms with Crippen LogP contribution in [0, 0.1) is 0 Å². The molecule has 1 aliphatic rings. The summed E-state index contributed by atoms with van der Waals surface area (Å²) in [5.41, 5.74) is 0. The number of ether oxygens (including phenoxy) is 2. The van der Waals surface area contributed by atoms with Gasteiger partial charge in [-0.2, -0.15) is 0 Å². The van der Waals surface area contributed by atoms with Gasteiger partial charge in [0.25, 0.3) is 0 Å². The number of morpholine rings is 1. The van der Waals surface area contributed by atoms with E-state index in [1.165, 1.54) is 7.11 Å². The number of carbonyl (C=O) groups excluding carboxylic acids is 2. The van der Waals surface area contributed by atoms with Crippen LogP contribution in [0.5, 0.6) is 0 Å². The molecule has 1 aliphatic heterocycles. The predicted molar refractivity (Wildman–Crippen MR) is 52.3 cm³/mol. The molecule has 0 spiro atoms. The van der Waals surface area contributed by atoms with Gasteiger partial charge in [-0.05, 0) is 0 Å². The molecule has 0 saturated carbocycles. The summed E-state index contributed by atoms with van der Waals surface area (Å²) in [7, 11) is 1.32. The normalized spacial score (nSPS) is 20.7. The van der Waals surface area contributed by atoms with E-state index in [-0.39, 0.29) is 24.8 Å². The first kappa shape index (κ1) is 11.9. The molecule has 0 aliphatic carbocycles. The van der Waals surface area contributed by atoms with Gasteiger partial charge in [-0.25, -0.2) is 0 Å². The fraction of sp³-hybridized carbons (Fsp3) is 0.778. The SMILES string of the molecule is COC(=O)CCNC(=O)[C@H]1CNCCO1. The van der Waals surface area contributed by atoms with E-state index in [4.69, 9.17) is 4.74 Å². The molecule has 1 saturated heterocycles. The first-order valence-corrected chi connectivity index (χ1v) is 4.91. The van der Waals surface area contributed by atoms with Crippen molar-refractivity contribution in [1.29, 1.82) is 0 Å². The molecule has 0 unspecified atom stereocenters. The molecule has 0 aromatic heterocycles. The van der Waals surface area contributed by atoms with E-state index in [0.29, 0.717) is 13.2 Å². The number of amides is 1. The molecule has 6 heteroatoms. The molecule has 1 heterocycles. The lowest BCUT2D eigenvalue weighted by molar-refractivity contribution is -0.140. The first-order chi connectivity index (χ1) is 7.24. The second-order valence-corrected chi connectivity index (χ2v) is 3.18. The lowest BCUT2D eigenvalue weighted by Crippen LogP contribution is -2.48. The number of hydrogen-bond acceptors (Lipinski definition) is 5. The van der Waals surface area contributed by atoms with Gasteiger partial charge < -0.3 is 20.1 Å². The number of hydrogen-bond donors (Lipinski definition) is 2. The second kappa shape index (κ2) is 6.36. The Morgan fingerprint density at radius 2 is 2.40 bits per heavy atom. The molecule has 2 N–H and O–H groups in total. The molecule has 1 fully saturated rings. The second-order valence-electron chi connectivity index (χ2n) is 3.18. The first-order valence-electron chi connectivity index (χ1n) is 4.91. The van der Waals surface area contributed by atoms with Crippen molar-refractivity contribution < 1.29 is 19.1 Å². The molecule has 86 valence electrons. The molecule has 0 aromatic rings. The maximum absolute atomic E-state index is 11.4. The zero-order valence-electron chi connectivity index (χ0n) is 8.75. The minimum atomic E-state index is -0.448. The van der Waals surface area contributed by atoms with Crippen LogP contribution in [0.4, 0.5) is 0 Å². The number of esters is 1. The third-order valence-corrected chi connectivity index (χ3v) is 2.08. The van der Waals surface area contributed by atoms with Crippen LogP contribution in [-0.4, -0.2) is 51.3 Å². The van der Waals surface area contributed by atoms with Crippen molar-refractivity contribution in [2.75, 3.05) is 33.4 Å². The van der Waals surface area contributed by atoms with Gasteiger partial charge in [0, 0.05) is 19.6 Å². The van der Waals surface area contributed by atoms with E-state index in [0.717, 1.165) is 6.54 Å². The molecule has 1 atom stereocenters. The monoisotopic (exact) mass is 216 g/mol. The molecule has 1 amide bonds. The van der Waals surface area contributed by atoms with Gasteiger partial charge >= 0.3 is 5.97 Å². The summed E-state index contributed by atoms with van der Waals surface area (Å²) in [6, 6.07) is 0. The van der Waals surface area contributed by atoms with Gasteiger partial charge in [0.05, 0.1) is 20.1 Å². The number of methoxy groups -OCH3 is 1. The zero-order valence-corrected chi connectivity index (χ0v) is 8.75. The average Bonchev–Trinajstić information content (AvgIpc) is 2.29. The largest absolute Gasteiger partial charge is 0.469 e. The van der Waals surface area contributed by atoms with Crippen LogP contribution in [-0.2, 0) is 19.1 Å².